The van der Waals surface area contributed by atoms with E-state index in [1.807, 2.05) is 0 Å². The van der Waals surface area contributed by atoms with Crippen molar-refractivity contribution >= 4 is 35.1 Å². The lowest BCUT2D eigenvalue weighted by atomic mass is 9.48. The number of phenols is 2. The van der Waals surface area contributed by atoms with E-state index in [4.69, 9.17) is 21.1 Å². The normalized spacial score (nSPS) is 34.4. The third-order valence-corrected chi connectivity index (χ3v) is 9.82. The molecule has 0 aromatic heterocycles. The number of rotatable bonds is 0. The van der Waals surface area contributed by atoms with Crippen LogP contribution in [0.3, 0.4) is 0 Å². The summed E-state index contributed by atoms with van der Waals surface area (Å²) in [5.74, 6) is -6.02. The first kappa shape index (κ1) is 22.7. The molecular formula is C26H19ClO10. The van der Waals surface area contributed by atoms with E-state index in [2.05, 4.69) is 0 Å². The van der Waals surface area contributed by atoms with Crippen LogP contribution >= 0.6 is 11.6 Å². The lowest BCUT2D eigenvalue weighted by molar-refractivity contribution is -0.0989. The summed E-state index contributed by atoms with van der Waals surface area (Å²) in [7, 11) is 0. The zero-order valence-corrected chi connectivity index (χ0v) is 20.2. The minimum absolute atomic E-state index is 0.0572. The number of ether oxygens (including phenoxy) is 2. The summed E-state index contributed by atoms with van der Waals surface area (Å²) in [6.45, 7) is 1.88. The molecule has 0 amide bonds. The Hall–Kier alpha value is -3.47. The number of aryl methyl sites for hydroxylation is 1. The molecule has 10 nitrogen and oxygen atoms in total. The molecule has 4 N–H and O–H groups in total. The first-order valence-electron chi connectivity index (χ1n) is 11.6. The SMILES string of the molecule is Cc1cc(O)c2c3c1C(=O)C[C@]1(O)[C@@H]4C(=O)c5c(C)c(Cl)c(O)c6c5[C@@](COC6=O)([C@H]4O)[C@@]31COC2=O. The lowest BCUT2D eigenvalue weighted by Crippen LogP contribution is -2.69. The van der Waals surface area contributed by atoms with Gasteiger partial charge in [0, 0.05) is 17.5 Å². The molecule has 2 aromatic carbocycles. The van der Waals surface area contributed by atoms with Crippen molar-refractivity contribution in [1.29, 1.82) is 0 Å². The Bertz CT molecular complexity index is 1570. The van der Waals surface area contributed by atoms with E-state index in [1.165, 1.54) is 13.0 Å². The van der Waals surface area contributed by atoms with Crippen LogP contribution < -0.4 is 0 Å². The van der Waals surface area contributed by atoms with Crippen LogP contribution in [0.5, 0.6) is 11.5 Å². The number of Topliss-reactive ketones (excluding diaryl/α,β-unsaturated/α-hetero) is 2. The minimum atomic E-state index is -2.31. The van der Waals surface area contributed by atoms with E-state index in [9.17, 15) is 39.6 Å². The summed E-state index contributed by atoms with van der Waals surface area (Å²) < 4.78 is 11.0. The zero-order chi connectivity index (χ0) is 26.6. The molecule has 3 aliphatic carbocycles. The molecule has 2 spiro atoms. The number of hydrogen-bond acceptors (Lipinski definition) is 10. The Labute approximate surface area is 213 Å². The Morgan fingerprint density at radius 2 is 1.59 bits per heavy atom. The van der Waals surface area contributed by atoms with Crippen LogP contribution in [0.25, 0.3) is 0 Å². The summed E-state index contributed by atoms with van der Waals surface area (Å²) in [5.41, 5.74) is -6.53. The number of aromatic hydroxyl groups is 2. The number of carbonyl (C=O) groups excluding carboxylic acids is 4. The van der Waals surface area contributed by atoms with Crippen LogP contribution in [0.2, 0.25) is 5.02 Å². The first-order chi connectivity index (χ1) is 17.4. The second-order valence-corrected chi connectivity index (χ2v) is 11.0. The van der Waals surface area contributed by atoms with Crippen molar-refractivity contribution in [3.8, 4) is 11.5 Å². The Balaban J connectivity index is 1.76. The number of halogens is 1. The predicted octanol–water partition coefficient (Wildman–Crippen LogP) is 1.39. The maximum Gasteiger partial charge on any atom is 0.342 e. The maximum absolute atomic E-state index is 14.1. The van der Waals surface area contributed by atoms with Gasteiger partial charge in [-0.2, -0.15) is 0 Å². The molecule has 2 aromatic rings. The summed E-state index contributed by atoms with van der Waals surface area (Å²) in [6, 6.07) is 1.24. The molecule has 190 valence electrons. The summed E-state index contributed by atoms with van der Waals surface area (Å²) >= 11 is 6.32. The predicted molar refractivity (Wildman–Crippen MR) is 122 cm³/mol. The molecule has 5 aliphatic rings. The largest absolute Gasteiger partial charge is 0.507 e. The standard InChI is InChI=1S/C26H19ClO10/c1-7-3-9(28)13-16-11(7)10(29)4-26(35)17-19(30)12-8(2)18(27)20(31)14-15(12)24(21(17)32,5-36-23(14)34)25(16,26)6-37-22(13)33/h3,17,21,28,31-32,35H,4-6H2,1-2H3/t17-,21+,24+,25-,26+/m1/s1. The second-order valence-electron chi connectivity index (χ2n) is 10.6. The fraction of sp³-hybridized carbons (Fsp3) is 0.385. The number of fused-ring (bicyclic) bond motifs is 2. The van der Waals surface area contributed by atoms with Gasteiger partial charge >= 0.3 is 11.9 Å². The smallest absolute Gasteiger partial charge is 0.342 e. The highest BCUT2D eigenvalue weighted by atomic mass is 35.5. The van der Waals surface area contributed by atoms with Crippen LogP contribution in [0.1, 0.15) is 70.1 Å². The zero-order valence-electron chi connectivity index (χ0n) is 19.5. The monoisotopic (exact) mass is 526 g/mol. The van der Waals surface area contributed by atoms with Gasteiger partial charge in [-0.1, -0.05) is 11.6 Å². The molecule has 0 unspecified atom stereocenters. The molecule has 7 rings (SSSR count). The molecule has 0 saturated heterocycles. The van der Waals surface area contributed by atoms with E-state index in [1.54, 1.807) is 6.92 Å². The quantitative estimate of drug-likeness (QED) is 0.368. The number of hydrogen-bond donors (Lipinski definition) is 4. The van der Waals surface area contributed by atoms with Gasteiger partial charge in [0.1, 0.15) is 35.8 Å². The highest BCUT2D eigenvalue weighted by Gasteiger charge is 2.85. The van der Waals surface area contributed by atoms with Gasteiger partial charge in [0.2, 0.25) is 0 Å². The third-order valence-electron chi connectivity index (χ3n) is 9.36. The van der Waals surface area contributed by atoms with Crippen LogP contribution in [-0.2, 0) is 20.3 Å². The van der Waals surface area contributed by atoms with Crippen LogP contribution in [0, 0.1) is 19.8 Å². The van der Waals surface area contributed by atoms with Gasteiger partial charge in [-0.15, -0.1) is 0 Å². The van der Waals surface area contributed by atoms with Gasteiger partial charge in [0.25, 0.3) is 0 Å². The molecule has 2 heterocycles. The van der Waals surface area contributed by atoms with E-state index >= 15 is 0 Å². The molecular weight excluding hydrogens is 508 g/mol. The molecule has 11 heteroatoms. The van der Waals surface area contributed by atoms with Crippen molar-refractivity contribution in [2.45, 2.75) is 42.8 Å². The molecule has 1 saturated carbocycles. The minimum Gasteiger partial charge on any atom is -0.507 e. The summed E-state index contributed by atoms with van der Waals surface area (Å²) in [6.07, 6.45) is -2.32. The molecule has 0 radical (unpaired) electrons. The number of phenolic OH excluding ortho intramolecular Hbond substituents is 2. The van der Waals surface area contributed by atoms with Crippen molar-refractivity contribution in [1.82, 2.24) is 0 Å². The van der Waals surface area contributed by atoms with Gasteiger partial charge in [-0.05, 0) is 42.2 Å². The Morgan fingerprint density at radius 1 is 0.946 bits per heavy atom. The Morgan fingerprint density at radius 3 is 2.30 bits per heavy atom. The van der Waals surface area contributed by atoms with Crippen molar-refractivity contribution in [2.75, 3.05) is 13.2 Å². The lowest BCUT2D eigenvalue weighted by Gasteiger charge is -2.57. The van der Waals surface area contributed by atoms with Gasteiger partial charge < -0.3 is 29.9 Å². The summed E-state index contributed by atoms with van der Waals surface area (Å²) in [5, 5.41) is 45.9. The topological polar surface area (TPSA) is 168 Å². The average Bonchev–Trinajstić information content (AvgIpc) is 2.93. The molecule has 2 aliphatic heterocycles. The highest BCUT2D eigenvalue weighted by Crippen LogP contribution is 2.72. The number of carbonyl (C=O) groups is 4. The fourth-order valence-electron chi connectivity index (χ4n) is 8.04. The van der Waals surface area contributed by atoms with Gasteiger partial charge in [-0.25, -0.2) is 9.59 Å². The summed E-state index contributed by atoms with van der Waals surface area (Å²) in [4.78, 5) is 53.6. The molecule has 1 fully saturated rings. The van der Waals surface area contributed by atoms with E-state index in [-0.39, 0.29) is 38.4 Å². The second kappa shape index (κ2) is 6.32. The van der Waals surface area contributed by atoms with Crippen molar-refractivity contribution < 1.29 is 49.1 Å². The van der Waals surface area contributed by atoms with Crippen LogP contribution in [0.15, 0.2) is 6.07 Å². The highest BCUT2D eigenvalue weighted by molar-refractivity contribution is 6.34. The van der Waals surface area contributed by atoms with Crippen LogP contribution in [-0.4, -0.2) is 68.8 Å². The van der Waals surface area contributed by atoms with Gasteiger partial charge in [0.15, 0.2) is 11.6 Å². The first-order valence-corrected chi connectivity index (χ1v) is 12.0. The van der Waals surface area contributed by atoms with Crippen LogP contribution in [0.4, 0.5) is 0 Å². The van der Waals surface area contributed by atoms with Gasteiger partial charge in [-0.3, -0.25) is 9.59 Å². The van der Waals surface area contributed by atoms with E-state index in [0.717, 1.165) is 0 Å². The number of esters is 2. The van der Waals surface area contributed by atoms with Gasteiger partial charge in [0.05, 0.1) is 33.5 Å². The van der Waals surface area contributed by atoms with Crippen molar-refractivity contribution in [3.63, 3.8) is 0 Å². The van der Waals surface area contributed by atoms with E-state index in [0.29, 0.717) is 5.56 Å². The maximum atomic E-state index is 14.1. The number of benzene rings is 2. The van der Waals surface area contributed by atoms with Crippen molar-refractivity contribution in [3.05, 3.63) is 55.6 Å². The van der Waals surface area contributed by atoms with Crippen molar-refractivity contribution in [2.24, 2.45) is 5.92 Å². The molecule has 37 heavy (non-hydrogen) atoms. The average molecular weight is 527 g/mol. The number of aliphatic hydroxyl groups excluding tert-OH is 1. The van der Waals surface area contributed by atoms with E-state index < -0.39 is 88.7 Å². The number of aliphatic hydroxyl groups is 2. The molecule has 5 atom stereocenters. The molecule has 2 bridgehead atoms. The number of cyclic esters (lactones) is 2. The fourth-order valence-corrected chi connectivity index (χ4v) is 8.23. The Kier molecular flexibility index (Phi) is 3.88. The number of ketones is 2. The third kappa shape index (κ3) is 1.99.